The zero-order valence-corrected chi connectivity index (χ0v) is 11.9. The van der Waals surface area contributed by atoms with Crippen molar-refractivity contribution in [1.29, 1.82) is 0 Å². The Hall–Kier alpha value is -1.63. The van der Waals surface area contributed by atoms with Gasteiger partial charge >= 0.3 is 6.61 Å². The van der Waals surface area contributed by atoms with Crippen molar-refractivity contribution in [2.45, 2.75) is 11.4 Å². The van der Waals surface area contributed by atoms with Gasteiger partial charge in [0.1, 0.15) is 23.2 Å². The Morgan fingerprint density at radius 2 is 1.57 bits per heavy atom. The first-order valence-corrected chi connectivity index (χ1v) is 6.63. The Labute approximate surface area is 125 Å². The third kappa shape index (κ3) is 3.72. The topological polar surface area (TPSA) is 9.23 Å². The molecule has 0 aliphatic heterocycles. The fraction of sp³-hybridized carbons (Fsp3) is 0.143. The van der Waals surface area contributed by atoms with Crippen LogP contribution < -0.4 is 4.74 Å². The quantitative estimate of drug-likeness (QED) is 0.534. The fourth-order valence-electron chi connectivity index (χ4n) is 1.81. The number of benzene rings is 2. The second-order valence-electron chi connectivity index (χ2n) is 4.10. The van der Waals surface area contributed by atoms with E-state index in [1.807, 2.05) is 0 Å². The van der Waals surface area contributed by atoms with E-state index in [1.54, 1.807) is 0 Å². The minimum absolute atomic E-state index is 0.144. The van der Waals surface area contributed by atoms with E-state index in [9.17, 15) is 22.0 Å². The number of halogens is 6. The van der Waals surface area contributed by atoms with Crippen LogP contribution in [-0.4, -0.2) is 6.61 Å². The van der Waals surface area contributed by atoms with Crippen molar-refractivity contribution >= 4 is 15.9 Å². The fourth-order valence-corrected chi connectivity index (χ4v) is 2.53. The van der Waals surface area contributed by atoms with Crippen LogP contribution >= 0.6 is 15.9 Å². The lowest BCUT2D eigenvalue weighted by Crippen LogP contribution is -2.04. The Kier molecular flexibility index (Phi) is 4.82. The van der Waals surface area contributed by atoms with Crippen LogP contribution in [0.3, 0.4) is 0 Å². The summed E-state index contributed by atoms with van der Waals surface area (Å²) in [6.45, 7) is -3.01. The van der Waals surface area contributed by atoms with E-state index in [4.69, 9.17) is 0 Å². The lowest BCUT2D eigenvalue weighted by atomic mass is 10.0. The molecule has 0 saturated carbocycles. The summed E-state index contributed by atoms with van der Waals surface area (Å²) in [7, 11) is 0. The zero-order chi connectivity index (χ0) is 15.6. The predicted molar refractivity (Wildman–Crippen MR) is 70.2 cm³/mol. The van der Waals surface area contributed by atoms with Crippen LogP contribution in [0.4, 0.5) is 22.0 Å². The molecule has 1 nitrogen and oxygen atoms in total. The van der Waals surface area contributed by atoms with Crippen molar-refractivity contribution in [3.05, 3.63) is 65.0 Å². The monoisotopic (exact) mass is 366 g/mol. The maximum Gasteiger partial charge on any atom is 0.387 e. The van der Waals surface area contributed by atoms with E-state index in [-0.39, 0.29) is 11.3 Å². The first kappa shape index (κ1) is 15.8. The highest BCUT2D eigenvalue weighted by atomic mass is 79.9. The molecule has 0 radical (unpaired) electrons. The third-order valence-electron chi connectivity index (χ3n) is 2.67. The molecule has 2 rings (SSSR count). The summed E-state index contributed by atoms with van der Waals surface area (Å²) >= 11 is 3.08. The van der Waals surface area contributed by atoms with Gasteiger partial charge in [-0.15, -0.1) is 0 Å². The maximum atomic E-state index is 13.7. The molecule has 1 atom stereocenters. The largest absolute Gasteiger partial charge is 0.435 e. The minimum Gasteiger partial charge on any atom is -0.435 e. The highest BCUT2D eigenvalue weighted by Crippen LogP contribution is 2.36. The molecule has 0 aliphatic carbocycles. The molecule has 0 N–H and O–H groups in total. The summed E-state index contributed by atoms with van der Waals surface area (Å²) in [4.78, 5) is -0.973. The van der Waals surface area contributed by atoms with Crippen molar-refractivity contribution < 1.29 is 26.7 Å². The van der Waals surface area contributed by atoms with Crippen LogP contribution in [0.15, 0.2) is 36.4 Å². The molecule has 0 bridgehead atoms. The van der Waals surface area contributed by atoms with Crippen molar-refractivity contribution in [2.24, 2.45) is 0 Å². The van der Waals surface area contributed by atoms with Crippen molar-refractivity contribution in [3.63, 3.8) is 0 Å². The van der Waals surface area contributed by atoms with Crippen LogP contribution in [0, 0.1) is 17.5 Å². The summed E-state index contributed by atoms with van der Waals surface area (Å²) in [5.41, 5.74) is -0.122. The molecule has 2 aromatic rings. The Bertz CT molecular complexity index is 624. The molecule has 21 heavy (non-hydrogen) atoms. The molecule has 0 heterocycles. The SMILES string of the molecule is Fc1cc(F)c(C(Br)c2cccc(OC(F)F)c2)c(F)c1. The van der Waals surface area contributed by atoms with Crippen molar-refractivity contribution in [2.75, 3.05) is 0 Å². The Morgan fingerprint density at radius 3 is 2.14 bits per heavy atom. The van der Waals surface area contributed by atoms with Crippen molar-refractivity contribution in [1.82, 2.24) is 0 Å². The van der Waals surface area contributed by atoms with E-state index in [2.05, 4.69) is 20.7 Å². The van der Waals surface area contributed by atoms with E-state index in [1.165, 1.54) is 24.3 Å². The van der Waals surface area contributed by atoms with Gasteiger partial charge in [0.25, 0.3) is 0 Å². The van der Waals surface area contributed by atoms with Crippen LogP contribution in [-0.2, 0) is 0 Å². The van der Waals surface area contributed by atoms with E-state index < -0.39 is 34.5 Å². The van der Waals surface area contributed by atoms with Crippen LogP contribution in [0.5, 0.6) is 5.75 Å². The predicted octanol–water partition coefficient (Wildman–Crippen LogP) is 5.19. The zero-order valence-electron chi connectivity index (χ0n) is 10.3. The molecule has 0 fully saturated rings. The molecule has 0 aromatic heterocycles. The lowest BCUT2D eigenvalue weighted by molar-refractivity contribution is -0.0498. The highest BCUT2D eigenvalue weighted by Gasteiger charge is 2.21. The molecule has 2 aromatic carbocycles. The molecule has 7 heteroatoms. The van der Waals surface area contributed by atoms with Gasteiger partial charge < -0.3 is 4.74 Å². The normalized spacial score (nSPS) is 12.5. The molecule has 0 saturated heterocycles. The molecule has 112 valence electrons. The number of rotatable bonds is 4. The van der Waals surface area contributed by atoms with E-state index in [0.29, 0.717) is 12.1 Å². The molecule has 1 unspecified atom stereocenters. The van der Waals surface area contributed by atoms with Crippen LogP contribution in [0.1, 0.15) is 16.0 Å². The van der Waals surface area contributed by atoms with Gasteiger partial charge in [-0.05, 0) is 17.7 Å². The van der Waals surface area contributed by atoms with Gasteiger partial charge in [0.05, 0.1) is 4.83 Å². The minimum atomic E-state index is -3.01. The summed E-state index contributed by atoms with van der Waals surface area (Å²) in [6, 6.07) is 6.47. The van der Waals surface area contributed by atoms with E-state index in [0.717, 1.165) is 0 Å². The number of hydrogen-bond acceptors (Lipinski definition) is 1. The van der Waals surface area contributed by atoms with Gasteiger partial charge in [0.15, 0.2) is 0 Å². The van der Waals surface area contributed by atoms with Crippen molar-refractivity contribution in [3.8, 4) is 5.75 Å². The number of ether oxygens (including phenoxy) is 1. The van der Waals surface area contributed by atoms with Gasteiger partial charge in [0.2, 0.25) is 0 Å². The Balaban J connectivity index is 2.38. The van der Waals surface area contributed by atoms with E-state index >= 15 is 0 Å². The summed E-state index contributed by atoms with van der Waals surface area (Å²) < 4.78 is 68.8. The standard InChI is InChI=1S/C14H8BrF5O/c15-13(12-10(17)5-8(16)6-11(12)18)7-2-1-3-9(4-7)21-14(19)20/h1-6,13-14H. The number of hydrogen-bond donors (Lipinski definition) is 0. The summed E-state index contributed by atoms with van der Waals surface area (Å²) in [5.74, 6) is -3.33. The summed E-state index contributed by atoms with van der Waals surface area (Å²) in [5, 5.41) is 0. The van der Waals surface area contributed by atoms with Gasteiger partial charge in [0, 0.05) is 17.7 Å². The lowest BCUT2D eigenvalue weighted by Gasteiger charge is -2.14. The van der Waals surface area contributed by atoms with Crippen LogP contribution in [0.25, 0.3) is 0 Å². The first-order valence-electron chi connectivity index (χ1n) is 5.71. The first-order chi connectivity index (χ1) is 9.88. The maximum absolute atomic E-state index is 13.7. The molecular weight excluding hydrogens is 359 g/mol. The summed E-state index contributed by atoms with van der Waals surface area (Å²) in [6.07, 6.45) is 0. The molecule has 0 amide bonds. The molecule has 0 spiro atoms. The van der Waals surface area contributed by atoms with Gasteiger partial charge in [-0.3, -0.25) is 0 Å². The highest BCUT2D eigenvalue weighted by molar-refractivity contribution is 9.09. The van der Waals surface area contributed by atoms with Gasteiger partial charge in [-0.1, -0.05) is 28.1 Å². The van der Waals surface area contributed by atoms with Gasteiger partial charge in [-0.2, -0.15) is 8.78 Å². The third-order valence-corrected chi connectivity index (χ3v) is 3.66. The average molecular weight is 367 g/mol. The smallest absolute Gasteiger partial charge is 0.387 e. The second kappa shape index (κ2) is 6.43. The second-order valence-corrected chi connectivity index (χ2v) is 5.01. The average Bonchev–Trinajstić information content (AvgIpc) is 2.36. The number of alkyl halides is 3. The van der Waals surface area contributed by atoms with Crippen LogP contribution in [0.2, 0.25) is 0 Å². The van der Waals surface area contributed by atoms with Gasteiger partial charge in [-0.25, -0.2) is 13.2 Å². The molecular formula is C14H8BrF5O. The molecule has 0 aliphatic rings. The Morgan fingerprint density at radius 1 is 0.952 bits per heavy atom.